The van der Waals surface area contributed by atoms with Gasteiger partial charge < -0.3 is 15.8 Å². The predicted molar refractivity (Wildman–Crippen MR) is 77.3 cm³/mol. The van der Waals surface area contributed by atoms with Crippen LogP contribution in [-0.2, 0) is 0 Å². The molecule has 1 aromatic carbocycles. The summed E-state index contributed by atoms with van der Waals surface area (Å²) in [5.74, 6) is -0.567. The van der Waals surface area contributed by atoms with Crippen LogP contribution in [0, 0.1) is 6.92 Å². The second kappa shape index (κ2) is 6.23. The molecule has 0 radical (unpaired) electrons. The number of nitrogens with one attached hydrogen (secondary N) is 1. The summed E-state index contributed by atoms with van der Waals surface area (Å²) in [5.41, 5.74) is 6.38. The van der Waals surface area contributed by atoms with Crippen molar-refractivity contribution in [3.8, 4) is 5.75 Å². The van der Waals surface area contributed by atoms with E-state index in [1.54, 1.807) is 6.92 Å². The van der Waals surface area contributed by atoms with Crippen LogP contribution >= 0.6 is 22.9 Å². The van der Waals surface area contributed by atoms with Gasteiger partial charge in [-0.15, -0.1) is 0 Å². The molecule has 21 heavy (non-hydrogen) atoms. The third-order valence-electron chi connectivity index (χ3n) is 2.43. The Labute approximate surface area is 127 Å². The van der Waals surface area contributed by atoms with Gasteiger partial charge in [-0.1, -0.05) is 22.9 Å². The molecule has 2 rings (SSSR count). The third-order valence-corrected chi connectivity index (χ3v) is 3.71. The van der Waals surface area contributed by atoms with Gasteiger partial charge in [-0.2, -0.15) is 8.78 Å². The molecule has 0 aliphatic heterocycles. The fraction of sp³-hybridized carbons (Fsp3) is 0.167. The average molecular weight is 334 g/mol. The first kappa shape index (κ1) is 15.5. The van der Waals surface area contributed by atoms with Gasteiger partial charge in [0, 0.05) is 5.69 Å². The second-order valence-electron chi connectivity index (χ2n) is 3.94. The molecule has 3 N–H and O–H groups in total. The third kappa shape index (κ3) is 3.79. The number of ether oxygens (including phenoxy) is 1. The highest BCUT2D eigenvalue weighted by atomic mass is 35.5. The molecule has 9 heteroatoms. The number of aromatic nitrogens is 1. The highest BCUT2D eigenvalue weighted by Gasteiger charge is 2.15. The van der Waals surface area contributed by atoms with Gasteiger partial charge in [0.25, 0.3) is 5.91 Å². The number of benzene rings is 1. The fourth-order valence-electron chi connectivity index (χ4n) is 1.59. The molecule has 0 saturated heterocycles. The van der Waals surface area contributed by atoms with Crippen LogP contribution in [0.2, 0.25) is 5.02 Å². The average Bonchev–Trinajstić information content (AvgIpc) is 2.71. The normalized spacial score (nSPS) is 10.7. The number of alkyl halides is 2. The SMILES string of the molecule is Cc1nc(N)sc1C(=O)Nc1ccc(OC(F)F)c(Cl)c1. The molecule has 0 aliphatic rings. The van der Waals surface area contributed by atoms with Gasteiger partial charge in [0.1, 0.15) is 10.6 Å². The minimum atomic E-state index is -2.97. The topological polar surface area (TPSA) is 77.2 Å². The number of hydrogen-bond donors (Lipinski definition) is 2. The molecule has 0 spiro atoms. The van der Waals surface area contributed by atoms with E-state index >= 15 is 0 Å². The smallest absolute Gasteiger partial charge is 0.387 e. The van der Waals surface area contributed by atoms with Crippen molar-refractivity contribution < 1.29 is 18.3 Å². The molecule has 0 fully saturated rings. The lowest BCUT2D eigenvalue weighted by atomic mass is 10.3. The quantitative estimate of drug-likeness (QED) is 0.897. The van der Waals surface area contributed by atoms with Crippen LogP contribution in [0.3, 0.4) is 0 Å². The summed E-state index contributed by atoms with van der Waals surface area (Å²) >= 11 is 6.85. The summed E-state index contributed by atoms with van der Waals surface area (Å²) in [7, 11) is 0. The number of thiazole rings is 1. The van der Waals surface area contributed by atoms with Gasteiger partial charge in [0.2, 0.25) is 0 Å². The predicted octanol–water partition coefficient (Wildman–Crippen LogP) is 3.54. The summed E-state index contributed by atoms with van der Waals surface area (Å²) in [6.07, 6.45) is 0. The molecule has 2 aromatic rings. The van der Waals surface area contributed by atoms with E-state index in [-0.39, 0.29) is 15.9 Å². The number of carbonyl (C=O) groups is 1. The Bertz CT molecular complexity index is 679. The number of amides is 1. The molecule has 0 unspecified atom stereocenters. The minimum absolute atomic E-state index is 0.0337. The molecule has 0 aliphatic carbocycles. The van der Waals surface area contributed by atoms with Crippen LogP contribution in [0.25, 0.3) is 0 Å². The highest BCUT2D eigenvalue weighted by molar-refractivity contribution is 7.17. The van der Waals surface area contributed by atoms with Crippen LogP contribution in [0.1, 0.15) is 15.4 Å². The Morgan fingerprint density at radius 3 is 2.76 bits per heavy atom. The number of nitrogens with zero attached hydrogens (tertiary/aromatic N) is 1. The zero-order valence-electron chi connectivity index (χ0n) is 10.7. The van der Waals surface area contributed by atoms with Gasteiger partial charge in [-0.05, 0) is 25.1 Å². The van der Waals surface area contributed by atoms with E-state index in [2.05, 4.69) is 15.0 Å². The van der Waals surface area contributed by atoms with Crippen LogP contribution in [0.15, 0.2) is 18.2 Å². The largest absolute Gasteiger partial charge is 0.433 e. The van der Waals surface area contributed by atoms with Crippen LogP contribution in [-0.4, -0.2) is 17.5 Å². The second-order valence-corrected chi connectivity index (χ2v) is 5.38. The standard InChI is InChI=1S/C12H10ClF2N3O2S/c1-5-9(21-12(16)17-5)10(19)18-6-2-3-8(7(13)4-6)20-11(14)15/h2-4,11H,1H3,(H2,16,17)(H,18,19). The van der Waals surface area contributed by atoms with E-state index in [4.69, 9.17) is 17.3 Å². The molecule has 0 bridgehead atoms. The Morgan fingerprint density at radius 1 is 1.52 bits per heavy atom. The monoisotopic (exact) mass is 333 g/mol. The number of aryl methyl sites for hydroxylation is 1. The first-order valence-corrected chi connectivity index (χ1v) is 6.85. The number of nitrogens with two attached hydrogens (primary N) is 1. The number of anilines is 2. The van der Waals surface area contributed by atoms with E-state index in [1.807, 2.05) is 0 Å². The van der Waals surface area contributed by atoms with E-state index < -0.39 is 12.5 Å². The Hall–Kier alpha value is -1.93. The molecule has 0 saturated carbocycles. The summed E-state index contributed by atoms with van der Waals surface area (Å²) in [6.45, 7) is -1.31. The maximum absolute atomic E-state index is 12.1. The van der Waals surface area contributed by atoms with E-state index in [0.717, 1.165) is 11.3 Å². The lowest BCUT2D eigenvalue weighted by molar-refractivity contribution is -0.0497. The van der Waals surface area contributed by atoms with Crippen molar-refractivity contribution in [2.45, 2.75) is 13.5 Å². The number of rotatable bonds is 4. The molecular formula is C12H10ClF2N3O2S. The summed E-state index contributed by atoms with van der Waals surface area (Å²) in [6, 6.07) is 3.97. The number of carbonyl (C=O) groups excluding carboxylic acids is 1. The van der Waals surface area contributed by atoms with Crippen LogP contribution in [0.4, 0.5) is 19.6 Å². The minimum Gasteiger partial charge on any atom is -0.433 e. The maximum atomic E-state index is 12.1. The van der Waals surface area contributed by atoms with Crippen molar-refractivity contribution in [1.82, 2.24) is 4.98 Å². The Kier molecular flexibility index (Phi) is 4.59. The molecule has 1 aromatic heterocycles. The van der Waals surface area contributed by atoms with Gasteiger partial charge in [-0.25, -0.2) is 4.98 Å². The van der Waals surface area contributed by atoms with Crippen molar-refractivity contribution in [1.29, 1.82) is 0 Å². The summed E-state index contributed by atoms with van der Waals surface area (Å²) in [4.78, 5) is 16.3. The molecular weight excluding hydrogens is 324 g/mol. The fourth-order valence-corrected chi connectivity index (χ4v) is 2.54. The van der Waals surface area contributed by atoms with Crippen molar-refractivity contribution in [3.63, 3.8) is 0 Å². The van der Waals surface area contributed by atoms with Crippen molar-refractivity contribution in [2.75, 3.05) is 11.1 Å². The van der Waals surface area contributed by atoms with E-state index in [9.17, 15) is 13.6 Å². The van der Waals surface area contributed by atoms with Crippen molar-refractivity contribution in [3.05, 3.63) is 33.8 Å². The molecule has 0 atom stereocenters. The first-order chi connectivity index (χ1) is 9.86. The maximum Gasteiger partial charge on any atom is 0.387 e. The number of hydrogen-bond acceptors (Lipinski definition) is 5. The summed E-state index contributed by atoms with van der Waals surface area (Å²) in [5, 5.41) is 2.84. The summed E-state index contributed by atoms with van der Waals surface area (Å²) < 4.78 is 28.4. The van der Waals surface area contributed by atoms with Crippen LogP contribution < -0.4 is 15.8 Å². The van der Waals surface area contributed by atoms with Gasteiger partial charge in [0.15, 0.2) is 5.13 Å². The van der Waals surface area contributed by atoms with E-state index in [1.165, 1.54) is 18.2 Å². The molecule has 5 nitrogen and oxygen atoms in total. The Morgan fingerprint density at radius 2 is 2.24 bits per heavy atom. The van der Waals surface area contributed by atoms with Crippen molar-refractivity contribution in [2.24, 2.45) is 0 Å². The molecule has 1 heterocycles. The Balaban J connectivity index is 2.15. The lowest BCUT2D eigenvalue weighted by Gasteiger charge is -2.09. The zero-order valence-corrected chi connectivity index (χ0v) is 12.3. The van der Waals surface area contributed by atoms with Crippen molar-refractivity contribution >= 4 is 39.7 Å². The van der Waals surface area contributed by atoms with Crippen LogP contribution in [0.5, 0.6) is 5.75 Å². The molecule has 1 amide bonds. The van der Waals surface area contributed by atoms with Gasteiger partial charge in [-0.3, -0.25) is 4.79 Å². The van der Waals surface area contributed by atoms with Gasteiger partial charge in [0.05, 0.1) is 10.7 Å². The first-order valence-electron chi connectivity index (χ1n) is 5.65. The number of halogens is 3. The van der Waals surface area contributed by atoms with E-state index in [0.29, 0.717) is 16.3 Å². The lowest BCUT2D eigenvalue weighted by Crippen LogP contribution is -2.11. The number of nitrogen functional groups attached to an aromatic ring is 1. The zero-order chi connectivity index (χ0) is 15.6. The highest BCUT2D eigenvalue weighted by Crippen LogP contribution is 2.29. The molecule has 112 valence electrons. The van der Waals surface area contributed by atoms with Gasteiger partial charge >= 0.3 is 6.61 Å².